The predicted octanol–water partition coefficient (Wildman–Crippen LogP) is 4.78. The maximum Gasteiger partial charge on any atom is 0.407 e. The van der Waals surface area contributed by atoms with Crippen LogP contribution in [0.4, 0.5) is 22.0 Å². The molecule has 1 saturated carbocycles. The summed E-state index contributed by atoms with van der Waals surface area (Å²) in [6.45, 7) is 4.06. The van der Waals surface area contributed by atoms with Gasteiger partial charge in [0.25, 0.3) is 0 Å². The third kappa shape index (κ3) is 5.72. The lowest BCUT2D eigenvalue weighted by Crippen LogP contribution is -2.33. The number of aromatic amines is 1. The van der Waals surface area contributed by atoms with E-state index in [-0.39, 0.29) is 36.5 Å². The van der Waals surface area contributed by atoms with E-state index in [0.29, 0.717) is 11.5 Å². The molecular formula is C27H33N5O5S. The third-order valence-electron chi connectivity index (χ3n) is 6.88. The highest BCUT2D eigenvalue weighted by Crippen LogP contribution is 2.38. The largest absolute Gasteiger partial charge is 0.497 e. The Hall–Kier alpha value is -3.73. The Labute approximate surface area is 222 Å². The van der Waals surface area contributed by atoms with Crippen molar-refractivity contribution < 1.29 is 22.7 Å². The lowest BCUT2D eigenvalue weighted by Gasteiger charge is -2.19. The molecule has 1 amide bonds. The number of anilines is 3. The number of nitrogens with one attached hydrogen (secondary N) is 3. The normalized spacial score (nSPS) is 19.8. The molecular weight excluding hydrogens is 506 g/mol. The van der Waals surface area contributed by atoms with Gasteiger partial charge >= 0.3 is 6.09 Å². The van der Waals surface area contributed by atoms with Gasteiger partial charge in [0.2, 0.25) is 10.0 Å². The summed E-state index contributed by atoms with van der Waals surface area (Å²) in [6.07, 6.45) is 1.97. The number of ether oxygens (including phenoxy) is 2. The monoisotopic (exact) mass is 539 g/mol. The first-order valence-electron chi connectivity index (χ1n) is 12.8. The van der Waals surface area contributed by atoms with Crippen LogP contribution in [0.25, 0.3) is 0 Å². The molecule has 10 nitrogen and oxygen atoms in total. The fourth-order valence-electron chi connectivity index (χ4n) is 5.04. The van der Waals surface area contributed by atoms with E-state index in [1.165, 1.54) is 4.31 Å². The molecule has 1 aliphatic heterocycles. The van der Waals surface area contributed by atoms with Gasteiger partial charge in [0.1, 0.15) is 11.9 Å². The second-order valence-corrected chi connectivity index (χ2v) is 12.0. The van der Waals surface area contributed by atoms with Crippen LogP contribution in [0, 0.1) is 0 Å². The van der Waals surface area contributed by atoms with Gasteiger partial charge in [-0.2, -0.15) is 5.10 Å². The minimum atomic E-state index is -3.47. The first-order chi connectivity index (χ1) is 18.2. The Bertz CT molecular complexity index is 1400. The topological polar surface area (TPSA) is 126 Å². The molecule has 1 fully saturated rings. The Kier molecular flexibility index (Phi) is 7.20. The van der Waals surface area contributed by atoms with E-state index in [0.717, 1.165) is 47.5 Å². The third-order valence-corrected chi connectivity index (χ3v) is 8.55. The molecule has 5 rings (SSSR count). The Morgan fingerprint density at radius 3 is 2.68 bits per heavy atom. The van der Waals surface area contributed by atoms with Crippen molar-refractivity contribution in [2.45, 2.75) is 63.5 Å². The van der Waals surface area contributed by atoms with Gasteiger partial charge in [-0.15, -0.1) is 0 Å². The van der Waals surface area contributed by atoms with Crippen LogP contribution in [0.1, 0.15) is 55.8 Å². The second-order valence-electron chi connectivity index (χ2n) is 10.1. The number of sulfonamides is 1. The minimum Gasteiger partial charge on any atom is -0.497 e. The molecule has 2 atom stereocenters. The molecule has 3 aromatic rings. The zero-order valence-electron chi connectivity index (χ0n) is 21.7. The smallest absolute Gasteiger partial charge is 0.407 e. The van der Waals surface area contributed by atoms with Crippen LogP contribution in [0.15, 0.2) is 48.5 Å². The first-order valence-corrected chi connectivity index (χ1v) is 14.4. The minimum absolute atomic E-state index is 0.0387. The van der Waals surface area contributed by atoms with Gasteiger partial charge in [-0.05, 0) is 74.6 Å². The number of benzene rings is 2. The number of hydrogen-bond acceptors (Lipinski definition) is 7. The van der Waals surface area contributed by atoms with Crippen LogP contribution in [-0.4, -0.2) is 44.0 Å². The van der Waals surface area contributed by atoms with E-state index >= 15 is 0 Å². The SMILES string of the molecule is COc1ccc(CN2c3ccc(Nc4cc([C@H]5CC[C@@H](OC(=O)NC(C)C)C5)[nH]n4)cc3CS2(=O)=O)cc1. The van der Waals surface area contributed by atoms with Gasteiger partial charge in [0.05, 0.1) is 25.1 Å². The number of nitrogens with zero attached hydrogens (tertiary/aromatic N) is 2. The van der Waals surface area contributed by atoms with Gasteiger partial charge in [-0.1, -0.05) is 12.1 Å². The number of alkyl carbamates (subject to hydrolysis) is 1. The number of amides is 1. The summed E-state index contributed by atoms with van der Waals surface area (Å²) in [5.74, 6) is 1.56. The average Bonchev–Trinajstić information content (AvgIpc) is 3.57. The number of rotatable bonds is 8. The molecule has 1 aromatic heterocycles. The van der Waals surface area contributed by atoms with Gasteiger partial charge in [-0.3, -0.25) is 9.40 Å². The summed E-state index contributed by atoms with van der Waals surface area (Å²) < 4.78 is 38.1. The van der Waals surface area contributed by atoms with Crippen LogP contribution >= 0.6 is 0 Å². The summed E-state index contributed by atoms with van der Waals surface area (Å²) >= 11 is 0. The molecule has 2 aliphatic rings. The summed E-state index contributed by atoms with van der Waals surface area (Å²) in [4.78, 5) is 11.9. The Morgan fingerprint density at radius 2 is 1.95 bits per heavy atom. The molecule has 2 heterocycles. The van der Waals surface area contributed by atoms with E-state index < -0.39 is 10.0 Å². The standard InChI is InChI=1S/C27H33N5O5S/c1-17(2)28-27(33)37-23-10-6-19(13-23)24-14-26(31-30-24)29-21-7-11-25-20(12-21)16-38(34,35)32(25)15-18-4-8-22(36-3)9-5-18/h4-5,7-9,11-12,14,17,19,23H,6,10,13,15-16H2,1-3H3,(H,28,33)(H2,29,30,31)/t19-,23+/m0/s1. The fourth-order valence-corrected chi connectivity index (χ4v) is 6.64. The van der Waals surface area contributed by atoms with Gasteiger partial charge < -0.3 is 20.1 Å². The number of carbonyl (C=O) groups excluding carboxylic acids is 1. The molecule has 11 heteroatoms. The maximum absolute atomic E-state index is 12.9. The lowest BCUT2D eigenvalue weighted by atomic mass is 10.0. The summed E-state index contributed by atoms with van der Waals surface area (Å²) in [7, 11) is -1.87. The van der Waals surface area contributed by atoms with E-state index in [9.17, 15) is 13.2 Å². The van der Waals surface area contributed by atoms with Gasteiger partial charge in [-0.25, -0.2) is 13.2 Å². The summed E-state index contributed by atoms with van der Waals surface area (Å²) in [5, 5.41) is 13.5. The van der Waals surface area contributed by atoms with Gasteiger partial charge in [0.15, 0.2) is 5.82 Å². The average molecular weight is 540 g/mol. The molecule has 1 aliphatic carbocycles. The number of fused-ring (bicyclic) bond motifs is 1. The second kappa shape index (κ2) is 10.6. The van der Waals surface area contributed by atoms with Gasteiger partial charge in [0, 0.05) is 29.4 Å². The van der Waals surface area contributed by atoms with E-state index in [1.54, 1.807) is 7.11 Å². The Morgan fingerprint density at radius 1 is 1.16 bits per heavy atom. The van der Waals surface area contributed by atoms with Crippen LogP contribution in [0.3, 0.4) is 0 Å². The zero-order chi connectivity index (χ0) is 26.9. The molecule has 38 heavy (non-hydrogen) atoms. The molecule has 3 N–H and O–H groups in total. The van der Waals surface area contributed by atoms with Crippen LogP contribution in [-0.2, 0) is 27.1 Å². The number of hydrogen-bond donors (Lipinski definition) is 3. The molecule has 2 aromatic carbocycles. The highest BCUT2D eigenvalue weighted by Gasteiger charge is 2.33. The molecule has 202 valence electrons. The zero-order valence-corrected chi connectivity index (χ0v) is 22.5. The predicted molar refractivity (Wildman–Crippen MR) is 145 cm³/mol. The summed E-state index contributed by atoms with van der Waals surface area (Å²) in [5.41, 5.74) is 4.06. The van der Waals surface area contributed by atoms with Crippen molar-refractivity contribution in [2.24, 2.45) is 0 Å². The quantitative estimate of drug-likeness (QED) is 0.376. The van der Waals surface area contributed by atoms with E-state index in [2.05, 4.69) is 20.8 Å². The highest BCUT2D eigenvalue weighted by atomic mass is 32.2. The van der Waals surface area contributed by atoms with E-state index in [1.807, 2.05) is 62.4 Å². The number of H-pyrrole nitrogens is 1. The van der Waals surface area contributed by atoms with Crippen LogP contribution in [0.5, 0.6) is 5.75 Å². The fraction of sp³-hybridized carbons (Fsp3) is 0.407. The molecule has 0 bridgehead atoms. The van der Waals surface area contributed by atoms with E-state index in [4.69, 9.17) is 9.47 Å². The van der Waals surface area contributed by atoms with Crippen molar-refractivity contribution in [2.75, 3.05) is 16.7 Å². The van der Waals surface area contributed by atoms with Crippen LogP contribution in [0.2, 0.25) is 0 Å². The van der Waals surface area contributed by atoms with Crippen molar-refractivity contribution in [3.05, 3.63) is 65.4 Å². The van der Waals surface area contributed by atoms with Crippen molar-refractivity contribution >= 4 is 33.3 Å². The lowest BCUT2D eigenvalue weighted by molar-refractivity contribution is 0.0981. The number of aromatic nitrogens is 2. The number of methoxy groups -OCH3 is 1. The molecule has 0 spiro atoms. The molecule has 0 saturated heterocycles. The van der Waals surface area contributed by atoms with Crippen LogP contribution < -0.4 is 19.7 Å². The van der Waals surface area contributed by atoms with Crippen molar-refractivity contribution in [1.82, 2.24) is 15.5 Å². The highest BCUT2D eigenvalue weighted by molar-refractivity contribution is 7.92. The first kappa shape index (κ1) is 25.9. The molecule has 0 radical (unpaired) electrons. The van der Waals surface area contributed by atoms with Crippen molar-refractivity contribution in [3.8, 4) is 5.75 Å². The Balaban J connectivity index is 1.23. The molecule has 0 unspecified atom stereocenters. The maximum atomic E-state index is 12.9. The van der Waals surface area contributed by atoms with Crippen molar-refractivity contribution in [1.29, 1.82) is 0 Å². The summed E-state index contributed by atoms with van der Waals surface area (Å²) in [6, 6.07) is 15.0. The number of carbonyl (C=O) groups is 1. The van der Waals surface area contributed by atoms with Crippen molar-refractivity contribution in [3.63, 3.8) is 0 Å².